The van der Waals surface area contributed by atoms with E-state index in [2.05, 4.69) is 38.9 Å². The zero-order chi connectivity index (χ0) is 16.4. The molecule has 0 bridgehead atoms. The third-order valence-corrected chi connectivity index (χ3v) is 8.09. The van der Waals surface area contributed by atoms with Crippen LogP contribution >= 0.6 is 12.2 Å². The molecule has 0 radical (unpaired) electrons. The molecule has 2 heteroatoms. The molecule has 0 spiro atoms. The van der Waals surface area contributed by atoms with Crippen molar-refractivity contribution in [3.8, 4) is 0 Å². The molecule has 0 aromatic heterocycles. The topological polar surface area (TPSA) is 12.4 Å². The molecular formula is C21H31NS. The second kappa shape index (κ2) is 5.27. The summed E-state index contributed by atoms with van der Waals surface area (Å²) >= 11 is 5.11. The van der Waals surface area contributed by atoms with Gasteiger partial charge in [0.05, 0.1) is 10.7 Å². The number of isothiocyanates is 1. The zero-order valence-corrected chi connectivity index (χ0v) is 16.0. The maximum absolute atomic E-state index is 5.11. The Morgan fingerprint density at radius 3 is 2.78 bits per heavy atom. The highest BCUT2D eigenvalue weighted by atomic mass is 32.1. The first-order chi connectivity index (χ1) is 10.9. The number of hydrogen-bond donors (Lipinski definition) is 0. The Morgan fingerprint density at radius 1 is 1.26 bits per heavy atom. The van der Waals surface area contributed by atoms with Crippen LogP contribution in [0.25, 0.3) is 0 Å². The Kier molecular flexibility index (Phi) is 3.67. The minimum Gasteiger partial charge on any atom is -0.225 e. The molecule has 3 saturated carbocycles. The van der Waals surface area contributed by atoms with E-state index >= 15 is 0 Å². The molecule has 7 atom stereocenters. The third kappa shape index (κ3) is 2.24. The second-order valence-corrected chi connectivity index (χ2v) is 10.1. The van der Waals surface area contributed by atoms with Crippen LogP contribution in [0.3, 0.4) is 0 Å². The van der Waals surface area contributed by atoms with E-state index in [0.29, 0.717) is 11.3 Å². The summed E-state index contributed by atoms with van der Waals surface area (Å²) in [6, 6.07) is 0. The first-order valence-electron chi connectivity index (χ1n) is 9.66. The number of thiocarbonyl (C=S) groups is 1. The normalized spacial score (nSPS) is 50.3. The smallest absolute Gasteiger partial charge is 0.0807 e. The molecule has 0 saturated heterocycles. The molecular weight excluding hydrogens is 298 g/mol. The van der Waals surface area contributed by atoms with Gasteiger partial charge in [-0.1, -0.05) is 39.3 Å². The zero-order valence-electron chi connectivity index (χ0n) is 15.1. The second-order valence-electron chi connectivity index (χ2n) is 9.89. The Morgan fingerprint density at radius 2 is 2.04 bits per heavy atom. The van der Waals surface area contributed by atoms with Crippen LogP contribution < -0.4 is 0 Å². The van der Waals surface area contributed by atoms with Gasteiger partial charge in [0, 0.05) is 0 Å². The van der Waals surface area contributed by atoms with Crippen LogP contribution in [-0.4, -0.2) is 10.7 Å². The molecule has 4 aliphatic rings. The first-order valence-corrected chi connectivity index (χ1v) is 10.1. The predicted molar refractivity (Wildman–Crippen MR) is 99.6 cm³/mol. The van der Waals surface area contributed by atoms with Gasteiger partial charge in [0.15, 0.2) is 0 Å². The summed E-state index contributed by atoms with van der Waals surface area (Å²) in [6.45, 7) is 9.89. The Balaban J connectivity index is 1.85. The van der Waals surface area contributed by atoms with Crippen LogP contribution in [0.4, 0.5) is 0 Å². The minimum atomic E-state index is 0.0627. The van der Waals surface area contributed by atoms with Gasteiger partial charge in [0.25, 0.3) is 0 Å². The largest absolute Gasteiger partial charge is 0.225 e. The molecule has 3 fully saturated rings. The number of hydrogen-bond acceptors (Lipinski definition) is 2. The van der Waals surface area contributed by atoms with E-state index in [0.717, 1.165) is 36.0 Å². The highest BCUT2D eigenvalue weighted by Gasteiger charge is 2.61. The molecule has 23 heavy (non-hydrogen) atoms. The van der Waals surface area contributed by atoms with Crippen molar-refractivity contribution in [3.63, 3.8) is 0 Å². The van der Waals surface area contributed by atoms with Crippen molar-refractivity contribution in [1.82, 2.24) is 0 Å². The summed E-state index contributed by atoms with van der Waals surface area (Å²) in [4.78, 5) is 4.92. The van der Waals surface area contributed by atoms with Crippen molar-refractivity contribution >= 4 is 17.4 Å². The van der Waals surface area contributed by atoms with Crippen molar-refractivity contribution in [1.29, 1.82) is 0 Å². The van der Waals surface area contributed by atoms with Gasteiger partial charge in [0.2, 0.25) is 0 Å². The molecule has 0 unspecified atom stereocenters. The lowest BCUT2D eigenvalue weighted by Crippen LogP contribution is -2.60. The monoisotopic (exact) mass is 329 g/mol. The van der Waals surface area contributed by atoms with Crippen LogP contribution in [0.2, 0.25) is 0 Å². The standard InChI is InChI=1S/C21H31NS/c1-13-9-16-11-20(3,4)10-15-7-8-21(22-12-23)14(2)5-6-17(13)19(21)18(15)16/h7,13-14,16-19H,5-6,8-11H2,1-4H3/t13-,14-,16-,17+,18-,19-,21-/m0/s1. The number of rotatable bonds is 1. The molecule has 0 aromatic rings. The maximum Gasteiger partial charge on any atom is 0.0807 e. The number of nitrogens with zero attached hydrogens (tertiary/aromatic N) is 1. The summed E-state index contributed by atoms with van der Waals surface area (Å²) in [5, 5.41) is 2.82. The molecule has 1 nitrogen and oxygen atoms in total. The van der Waals surface area contributed by atoms with E-state index in [1.165, 1.54) is 32.1 Å². The molecule has 4 aliphatic carbocycles. The van der Waals surface area contributed by atoms with Gasteiger partial charge in [-0.15, -0.1) is 0 Å². The van der Waals surface area contributed by atoms with Crippen molar-refractivity contribution in [2.75, 3.05) is 0 Å². The maximum atomic E-state index is 5.11. The fraction of sp³-hybridized carbons (Fsp3) is 0.857. The van der Waals surface area contributed by atoms with Gasteiger partial charge in [-0.2, -0.15) is 0 Å². The highest BCUT2D eigenvalue weighted by Crippen LogP contribution is 2.65. The van der Waals surface area contributed by atoms with Crippen molar-refractivity contribution < 1.29 is 0 Å². The SMILES string of the molecule is C[C@H]1C[C@H]2CC(C)(C)CC3=CC[C@@]4(N=C=S)[C@@H]([C@@H]1CC[C@@H]4C)[C@@H]32. The lowest BCUT2D eigenvalue weighted by molar-refractivity contribution is -0.0742. The molecule has 0 N–H and O–H groups in total. The fourth-order valence-electron chi connectivity index (χ4n) is 7.23. The summed E-state index contributed by atoms with van der Waals surface area (Å²) in [7, 11) is 0. The molecule has 0 amide bonds. The Hall–Kier alpha value is -0.460. The van der Waals surface area contributed by atoms with Crippen molar-refractivity contribution in [2.24, 2.45) is 45.9 Å². The van der Waals surface area contributed by atoms with Gasteiger partial charge in [-0.3, -0.25) is 0 Å². The summed E-state index contributed by atoms with van der Waals surface area (Å²) in [5.41, 5.74) is 2.32. The van der Waals surface area contributed by atoms with Crippen molar-refractivity contribution in [3.05, 3.63) is 11.6 Å². The van der Waals surface area contributed by atoms with E-state index in [1.54, 1.807) is 5.57 Å². The number of allylic oxidation sites excluding steroid dienone is 1. The Labute approximate surface area is 147 Å². The molecule has 0 heterocycles. The van der Waals surface area contributed by atoms with E-state index in [9.17, 15) is 0 Å². The summed E-state index contributed by atoms with van der Waals surface area (Å²) in [5.74, 6) is 4.73. The van der Waals surface area contributed by atoms with Crippen LogP contribution in [0, 0.1) is 40.9 Å². The quantitative estimate of drug-likeness (QED) is 0.331. The number of aliphatic imine (C=N–C) groups is 1. The molecule has 4 rings (SSSR count). The van der Waals surface area contributed by atoms with E-state index in [4.69, 9.17) is 17.2 Å². The Bertz CT molecular complexity index is 585. The van der Waals surface area contributed by atoms with Crippen LogP contribution in [0.15, 0.2) is 16.6 Å². The average Bonchev–Trinajstić information content (AvgIpc) is 2.47. The van der Waals surface area contributed by atoms with Gasteiger partial charge < -0.3 is 0 Å². The predicted octanol–water partition coefficient (Wildman–Crippen LogP) is 5.91. The third-order valence-electron chi connectivity index (χ3n) is 8.00. The highest BCUT2D eigenvalue weighted by molar-refractivity contribution is 7.78. The van der Waals surface area contributed by atoms with Gasteiger partial charge >= 0.3 is 0 Å². The van der Waals surface area contributed by atoms with Crippen LogP contribution in [0.5, 0.6) is 0 Å². The summed E-state index contributed by atoms with van der Waals surface area (Å²) < 4.78 is 0. The lowest BCUT2D eigenvalue weighted by Gasteiger charge is -2.63. The van der Waals surface area contributed by atoms with Crippen LogP contribution in [0.1, 0.15) is 66.2 Å². The van der Waals surface area contributed by atoms with Crippen molar-refractivity contribution in [2.45, 2.75) is 71.8 Å². The van der Waals surface area contributed by atoms with E-state index < -0.39 is 0 Å². The van der Waals surface area contributed by atoms with E-state index in [-0.39, 0.29) is 5.54 Å². The van der Waals surface area contributed by atoms with Gasteiger partial charge in [-0.25, -0.2) is 4.99 Å². The lowest BCUT2D eigenvalue weighted by atomic mass is 9.43. The molecule has 0 aromatic carbocycles. The summed E-state index contributed by atoms with van der Waals surface area (Å²) in [6.07, 6.45) is 10.5. The average molecular weight is 330 g/mol. The van der Waals surface area contributed by atoms with Crippen LogP contribution in [-0.2, 0) is 0 Å². The van der Waals surface area contributed by atoms with E-state index in [1.807, 2.05) is 0 Å². The molecule has 126 valence electrons. The fourth-order valence-corrected chi connectivity index (χ4v) is 7.40. The van der Waals surface area contributed by atoms with Gasteiger partial charge in [-0.05, 0) is 91.7 Å². The molecule has 0 aliphatic heterocycles. The minimum absolute atomic E-state index is 0.0627. The first kappa shape index (κ1) is 16.0. The van der Waals surface area contributed by atoms with Gasteiger partial charge in [0.1, 0.15) is 0 Å².